The number of hydrogen-bond acceptors (Lipinski definition) is 2. The van der Waals surface area contributed by atoms with Crippen molar-refractivity contribution in [2.24, 2.45) is 0 Å². The molecule has 0 spiro atoms. The molecule has 0 aliphatic carbocycles. The average Bonchev–Trinajstić information content (AvgIpc) is 2.38. The summed E-state index contributed by atoms with van der Waals surface area (Å²) in [6.07, 6.45) is 5.33. The predicted octanol–water partition coefficient (Wildman–Crippen LogP) is 3.86. The molecule has 0 atom stereocenters. The zero-order valence-corrected chi connectivity index (χ0v) is 10.7. The Morgan fingerprint density at radius 1 is 1.06 bits per heavy atom. The third-order valence-corrected chi connectivity index (χ3v) is 2.71. The zero-order chi connectivity index (χ0) is 12.3. The van der Waals surface area contributed by atoms with E-state index in [9.17, 15) is 4.79 Å². The normalized spacial score (nSPS) is 10.4. The Hall–Kier alpha value is -1.15. The largest absolute Gasteiger partial charge is 0.381 e. The van der Waals surface area contributed by atoms with E-state index in [1.54, 1.807) is 0 Å². The number of ether oxygens (including phenoxy) is 1. The number of rotatable bonds is 9. The number of hydrogen-bond donors (Lipinski definition) is 0. The SMILES string of the molecule is CCCCCCOCCC(=O)c1ccccc1. The molecule has 0 amide bonds. The minimum absolute atomic E-state index is 0.166. The van der Waals surface area contributed by atoms with Gasteiger partial charge in [-0.25, -0.2) is 0 Å². The number of benzene rings is 1. The second-order valence-electron chi connectivity index (χ2n) is 4.21. The van der Waals surface area contributed by atoms with Gasteiger partial charge < -0.3 is 4.74 Å². The molecule has 0 aliphatic rings. The first-order valence-corrected chi connectivity index (χ1v) is 6.50. The van der Waals surface area contributed by atoms with Crippen molar-refractivity contribution >= 4 is 5.78 Å². The Morgan fingerprint density at radius 3 is 2.53 bits per heavy atom. The molecule has 1 aromatic rings. The summed E-state index contributed by atoms with van der Waals surface area (Å²) in [5, 5.41) is 0. The van der Waals surface area contributed by atoms with Crippen LogP contribution >= 0.6 is 0 Å². The molecule has 0 heterocycles. The van der Waals surface area contributed by atoms with Crippen LogP contribution in [0.4, 0.5) is 0 Å². The van der Waals surface area contributed by atoms with Crippen LogP contribution in [0.15, 0.2) is 30.3 Å². The number of Topliss-reactive ketones (excluding diaryl/α,β-unsaturated/α-hetero) is 1. The highest BCUT2D eigenvalue weighted by molar-refractivity contribution is 5.96. The lowest BCUT2D eigenvalue weighted by atomic mass is 10.1. The van der Waals surface area contributed by atoms with E-state index in [1.807, 2.05) is 30.3 Å². The maximum atomic E-state index is 11.7. The third-order valence-electron chi connectivity index (χ3n) is 2.71. The number of unbranched alkanes of at least 4 members (excludes halogenated alkanes) is 3. The van der Waals surface area contributed by atoms with Crippen LogP contribution in [-0.4, -0.2) is 19.0 Å². The van der Waals surface area contributed by atoms with Gasteiger partial charge in [0, 0.05) is 18.6 Å². The van der Waals surface area contributed by atoms with Crippen LogP contribution in [0.2, 0.25) is 0 Å². The molecular formula is C15H22O2. The van der Waals surface area contributed by atoms with Crippen LogP contribution < -0.4 is 0 Å². The molecule has 2 heteroatoms. The van der Waals surface area contributed by atoms with Crippen molar-refractivity contribution in [3.8, 4) is 0 Å². The van der Waals surface area contributed by atoms with Crippen molar-refractivity contribution in [1.82, 2.24) is 0 Å². The second kappa shape index (κ2) is 8.94. The standard InChI is InChI=1S/C15H22O2/c1-2-3-4-8-12-17-13-11-15(16)14-9-6-5-7-10-14/h5-7,9-10H,2-4,8,11-13H2,1H3. The Labute approximate surface area is 104 Å². The van der Waals surface area contributed by atoms with Crippen molar-refractivity contribution < 1.29 is 9.53 Å². The van der Waals surface area contributed by atoms with Gasteiger partial charge in [0.25, 0.3) is 0 Å². The highest BCUT2D eigenvalue weighted by atomic mass is 16.5. The number of ketones is 1. The average molecular weight is 234 g/mol. The Kier molecular flexibility index (Phi) is 7.32. The second-order valence-corrected chi connectivity index (χ2v) is 4.21. The van der Waals surface area contributed by atoms with Gasteiger partial charge in [-0.15, -0.1) is 0 Å². The molecule has 1 rings (SSSR count). The summed E-state index contributed by atoms with van der Waals surface area (Å²) in [7, 11) is 0. The van der Waals surface area contributed by atoms with E-state index in [0.717, 1.165) is 18.6 Å². The molecule has 0 aromatic heterocycles. The van der Waals surface area contributed by atoms with Crippen molar-refractivity contribution in [2.75, 3.05) is 13.2 Å². The van der Waals surface area contributed by atoms with Crippen LogP contribution in [0, 0.1) is 0 Å². The fourth-order valence-electron chi connectivity index (χ4n) is 1.67. The van der Waals surface area contributed by atoms with Gasteiger partial charge in [-0.1, -0.05) is 56.5 Å². The number of carbonyl (C=O) groups excluding carboxylic acids is 1. The highest BCUT2D eigenvalue weighted by Gasteiger charge is 2.03. The summed E-state index contributed by atoms with van der Waals surface area (Å²) >= 11 is 0. The fourth-order valence-corrected chi connectivity index (χ4v) is 1.67. The minimum atomic E-state index is 0.166. The van der Waals surface area contributed by atoms with Gasteiger partial charge >= 0.3 is 0 Å². The lowest BCUT2D eigenvalue weighted by Gasteiger charge is -2.03. The quantitative estimate of drug-likeness (QED) is 0.479. The molecule has 0 saturated heterocycles. The molecule has 0 fully saturated rings. The molecular weight excluding hydrogens is 212 g/mol. The topological polar surface area (TPSA) is 26.3 Å². The zero-order valence-electron chi connectivity index (χ0n) is 10.7. The van der Waals surface area contributed by atoms with Crippen LogP contribution in [-0.2, 0) is 4.74 Å². The van der Waals surface area contributed by atoms with Crippen molar-refractivity contribution in [3.05, 3.63) is 35.9 Å². The molecule has 0 unspecified atom stereocenters. The van der Waals surface area contributed by atoms with Gasteiger partial charge in [0.1, 0.15) is 0 Å². The van der Waals surface area contributed by atoms with E-state index in [-0.39, 0.29) is 5.78 Å². The highest BCUT2D eigenvalue weighted by Crippen LogP contribution is 2.04. The van der Waals surface area contributed by atoms with Crippen LogP contribution in [0.5, 0.6) is 0 Å². The van der Waals surface area contributed by atoms with Gasteiger partial charge in [-0.2, -0.15) is 0 Å². The van der Waals surface area contributed by atoms with E-state index in [0.29, 0.717) is 13.0 Å². The molecule has 2 nitrogen and oxygen atoms in total. The smallest absolute Gasteiger partial charge is 0.165 e. The van der Waals surface area contributed by atoms with Gasteiger partial charge in [-0.3, -0.25) is 4.79 Å². The van der Waals surface area contributed by atoms with E-state index < -0.39 is 0 Å². The fraction of sp³-hybridized carbons (Fsp3) is 0.533. The van der Waals surface area contributed by atoms with E-state index in [2.05, 4.69) is 6.92 Å². The van der Waals surface area contributed by atoms with Crippen LogP contribution in [0.1, 0.15) is 49.4 Å². The van der Waals surface area contributed by atoms with Crippen molar-refractivity contribution in [2.45, 2.75) is 39.0 Å². The van der Waals surface area contributed by atoms with Gasteiger partial charge in [-0.05, 0) is 6.42 Å². The van der Waals surface area contributed by atoms with Crippen LogP contribution in [0.25, 0.3) is 0 Å². The first-order valence-electron chi connectivity index (χ1n) is 6.50. The molecule has 94 valence electrons. The molecule has 1 aromatic carbocycles. The molecule has 0 radical (unpaired) electrons. The van der Waals surface area contributed by atoms with Gasteiger partial charge in [0.15, 0.2) is 5.78 Å². The lowest BCUT2D eigenvalue weighted by molar-refractivity contribution is 0.0871. The first-order chi connectivity index (χ1) is 8.34. The maximum Gasteiger partial charge on any atom is 0.165 e. The monoisotopic (exact) mass is 234 g/mol. The van der Waals surface area contributed by atoms with Crippen molar-refractivity contribution in [1.29, 1.82) is 0 Å². The Balaban J connectivity index is 2.05. The minimum Gasteiger partial charge on any atom is -0.381 e. The predicted molar refractivity (Wildman–Crippen MR) is 70.4 cm³/mol. The Bertz CT molecular complexity index is 306. The van der Waals surface area contributed by atoms with Crippen LogP contribution in [0.3, 0.4) is 0 Å². The molecule has 0 bridgehead atoms. The Morgan fingerprint density at radius 2 is 1.82 bits per heavy atom. The molecule has 17 heavy (non-hydrogen) atoms. The van der Waals surface area contributed by atoms with Crippen molar-refractivity contribution in [3.63, 3.8) is 0 Å². The summed E-state index contributed by atoms with van der Waals surface area (Å²) in [5.41, 5.74) is 0.780. The molecule has 0 N–H and O–H groups in total. The summed E-state index contributed by atoms with van der Waals surface area (Å²) in [4.78, 5) is 11.7. The first kappa shape index (κ1) is 13.9. The van der Waals surface area contributed by atoms with E-state index >= 15 is 0 Å². The molecule has 0 aliphatic heterocycles. The third kappa shape index (κ3) is 6.22. The number of carbonyl (C=O) groups is 1. The van der Waals surface area contributed by atoms with Gasteiger partial charge in [0.05, 0.1) is 6.61 Å². The summed E-state index contributed by atoms with van der Waals surface area (Å²) in [6.45, 7) is 3.52. The summed E-state index contributed by atoms with van der Waals surface area (Å²) < 4.78 is 5.45. The van der Waals surface area contributed by atoms with E-state index in [4.69, 9.17) is 4.74 Å². The van der Waals surface area contributed by atoms with E-state index in [1.165, 1.54) is 19.3 Å². The van der Waals surface area contributed by atoms with Gasteiger partial charge in [0.2, 0.25) is 0 Å². The lowest BCUT2D eigenvalue weighted by Crippen LogP contribution is -2.05. The summed E-state index contributed by atoms with van der Waals surface area (Å²) in [6, 6.07) is 9.39. The maximum absolute atomic E-state index is 11.7. The summed E-state index contributed by atoms with van der Waals surface area (Å²) in [5.74, 6) is 0.166. The molecule has 0 saturated carbocycles.